The largest absolute Gasteiger partial charge is 0.373 e. The number of nitrogens with zero attached hydrogens (tertiary/aromatic N) is 1. The van der Waals surface area contributed by atoms with Crippen molar-refractivity contribution in [3.05, 3.63) is 59.9 Å². The topological polar surface area (TPSA) is 57.4 Å². The first-order chi connectivity index (χ1) is 15.5. The first kappa shape index (κ1) is 22.5. The number of aryl methyl sites for hydroxylation is 1. The van der Waals surface area contributed by atoms with E-state index in [0.29, 0.717) is 19.4 Å². The Morgan fingerprint density at radius 1 is 1.12 bits per heavy atom. The van der Waals surface area contributed by atoms with Crippen LogP contribution in [0.5, 0.6) is 0 Å². The molecule has 0 spiro atoms. The molecule has 0 radical (unpaired) electrons. The van der Waals surface area contributed by atoms with Gasteiger partial charge in [0, 0.05) is 49.2 Å². The molecular formula is C26H32FN3O2. The van der Waals surface area contributed by atoms with Gasteiger partial charge in [-0.05, 0) is 68.1 Å². The number of H-pyrrole nitrogens is 1. The van der Waals surface area contributed by atoms with Crippen molar-refractivity contribution in [3.63, 3.8) is 0 Å². The normalized spacial score (nSPS) is 19.3. The number of carbonyl (C=O) groups is 1. The van der Waals surface area contributed by atoms with E-state index < -0.39 is 0 Å². The zero-order chi connectivity index (χ0) is 22.5. The van der Waals surface area contributed by atoms with E-state index in [9.17, 15) is 9.18 Å². The second-order valence-electron chi connectivity index (χ2n) is 8.75. The minimum Gasteiger partial charge on any atom is -0.373 e. The molecule has 2 N–H and O–H groups in total. The summed E-state index contributed by atoms with van der Waals surface area (Å²) in [5.74, 6) is -0.198. The summed E-state index contributed by atoms with van der Waals surface area (Å²) in [6, 6.07) is 14.6. The zero-order valence-corrected chi connectivity index (χ0v) is 18.9. The first-order valence-corrected chi connectivity index (χ1v) is 11.5. The highest BCUT2D eigenvalue weighted by atomic mass is 19.1. The number of fused-ring (bicyclic) bond motifs is 1. The van der Waals surface area contributed by atoms with Gasteiger partial charge in [-0.25, -0.2) is 4.39 Å². The molecule has 6 heteroatoms. The molecule has 3 aromatic rings. The Bertz CT molecular complexity index is 1040. The van der Waals surface area contributed by atoms with Gasteiger partial charge < -0.3 is 15.0 Å². The molecule has 4 rings (SSSR count). The number of aromatic nitrogens is 1. The summed E-state index contributed by atoms with van der Waals surface area (Å²) in [6.45, 7) is 7.76. The fraction of sp³-hybridized carbons (Fsp3) is 0.423. The number of carbonyl (C=O) groups excluding carboxylic acids is 1. The first-order valence-electron chi connectivity index (χ1n) is 11.5. The Morgan fingerprint density at radius 2 is 1.84 bits per heavy atom. The van der Waals surface area contributed by atoms with Gasteiger partial charge in [-0.15, -0.1) is 0 Å². The molecule has 1 saturated heterocycles. The summed E-state index contributed by atoms with van der Waals surface area (Å²) in [4.78, 5) is 18.4. The molecular weight excluding hydrogens is 405 g/mol. The number of benzene rings is 2. The highest BCUT2D eigenvalue weighted by molar-refractivity contribution is 5.91. The van der Waals surface area contributed by atoms with Crippen LogP contribution in [0.2, 0.25) is 0 Å². The second kappa shape index (κ2) is 10.3. The van der Waals surface area contributed by atoms with Crippen molar-refractivity contribution in [1.29, 1.82) is 0 Å². The molecule has 0 aliphatic carbocycles. The molecule has 5 nitrogen and oxygen atoms in total. The van der Waals surface area contributed by atoms with E-state index in [1.54, 1.807) is 12.1 Å². The lowest BCUT2D eigenvalue weighted by Gasteiger charge is -2.35. The van der Waals surface area contributed by atoms with Gasteiger partial charge in [0.1, 0.15) is 5.82 Å². The number of para-hydroxylation sites is 1. The van der Waals surface area contributed by atoms with Gasteiger partial charge in [-0.2, -0.15) is 0 Å². The zero-order valence-electron chi connectivity index (χ0n) is 18.9. The average molecular weight is 438 g/mol. The summed E-state index contributed by atoms with van der Waals surface area (Å²) < 4.78 is 19.2. The van der Waals surface area contributed by atoms with Crippen molar-refractivity contribution in [2.45, 2.75) is 45.3 Å². The number of halogens is 1. The van der Waals surface area contributed by atoms with Crippen LogP contribution in [-0.4, -0.2) is 54.2 Å². The van der Waals surface area contributed by atoms with Gasteiger partial charge in [-0.3, -0.25) is 9.69 Å². The van der Waals surface area contributed by atoms with Crippen LogP contribution in [0.25, 0.3) is 22.2 Å². The van der Waals surface area contributed by atoms with Crippen LogP contribution in [0.4, 0.5) is 4.39 Å². The van der Waals surface area contributed by atoms with Crippen molar-refractivity contribution in [2.24, 2.45) is 0 Å². The van der Waals surface area contributed by atoms with Crippen LogP contribution in [0.15, 0.2) is 48.5 Å². The third-order valence-corrected chi connectivity index (χ3v) is 6.02. The lowest BCUT2D eigenvalue weighted by molar-refractivity contribution is -0.121. The smallest absolute Gasteiger partial charge is 0.220 e. The number of morpholine rings is 1. The third kappa shape index (κ3) is 5.56. The summed E-state index contributed by atoms with van der Waals surface area (Å²) in [6.07, 6.45) is 2.50. The van der Waals surface area contributed by atoms with Crippen LogP contribution in [0, 0.1) is 5.82 Å². The lowest BCUT2D eigenvalue weighted by atomic mass is 10.0. The van der Waals surface area contributed by atoms with Crippen molar-refractivity contribution in [1.82, 2.24) is 15.2 Å². The number of ether oxygens (including phenoxy) is 1. The van der Waals surface area contributed by atoms with Gasteiger partial charge in [0.25, 0.3) is 0 Å². The minimum absolute atomic E-state index is 0.0593. The Kier molecular flexibility index (Phi) is 7.22. The van der Waals surface area contributed by atoms with Crippen LogP contribution in [-0.2, 0) is 16.0 Å². The fourth-order valence-corrected chi connectivity index (χ4v) is 4.65. The van der Waals surface area contributed by atoms with Crippen LogP contribution < -0.4 is 5.32 Å². The molecule has 1 aromatic heterocycles. The standard InChI is InChI=1S/C26H32FN3O2/c1-18-16-30(17-19(2)32-18)15-5-14-28-25(31)13-12-23-22-6-3-4-7-24(22)29-26(23)20-8-10-21(27)11-9-20/h3-4,6-11,18-19,29H,5,12-17H2,1-2H3,(H,28,31). The Balaban J connectivity index is 1.33. The minimum atomic E-state index is -0.258. The monoisotopic (exact) mass is 437 g/mol. The van der Waals surface area contributed by atoms with Gasteiger partial charge in [-0.1, -0.05) is 18.2 Å². The molecule has 2 atom stereocenters. The third-order valence-electron chi connectivity index (χ3n) is 6.02. The molecule has 2 aromatic carbocycles. The highest BCUT2D eigenvalue weighted by Crippen LogP contribution is 2.31. The molecule has 0 saturated carbocycles. The molecule has 2 heterocycles. The van der Waals surface area contributed by atoms with Gasteiger partial charge in [0.15, 0.2) is 0 Å². The predicted molar refractivity (Wildman–Crippen MR) is 126 cm³/mol. The Morgan fingerprint density at radius 3 is 2.59 bits per heavy atom. The molecule has 0 bridgehead atoms. The van der Waals surface area contributed by atoms with E-state index in [-0.39, 0.29) is 23.9 Å². The maximum atomic E-state index is 13.4. The number of hydrogen-bond donors (Lipinski definition) is 2. The van der Waals surface area contributed by atoms with Crippen molar-refractivity contribution in [3.8, 4) is 11.3 Å². The van der Waals surface area contributed by atoms with Crippen molar-refractivity contribution >= 4 is 16.8 Å². The number of nitrogens with one attached hydrogen (secondary N) is 2. The second-order valence-corrected chi connectivity index (χ2v) is 8.75. The summed E-state index contributed by atoms with van der Waals surface area (Å²) in [7, 11) is 0. The SMILES string of the molecule is CC1CN(CCCNC(=O)CCc2c(-c3ccc(F)cc3)[nH]c3ccccc23)CC(C)O1. The Labute approximate surface area is 189 Å². The van der Waals surface area contributed by atoms with Crippen molar-refractivity contribution < 1.29 is 13.9 Å². The van der Waals surface area contributed by atoms with E-state index in [0.717, 1.165) is 53.8 Å². The van der Waals surface area contributed by atoms with E-state index >= 15 is 0 Å². The van der Waals surface area contributed by atoms with Gasteiger partial charge in [0.05, 0.1) is 12.2 Å². The maximum absolute atomic E-state index is 13.4. The van der Waals surface area contributed by atoms with E-state index in [1.165, 1.54) is 12.1 Å². The Hall–Kier alpha value is -2.70. The molecule has 1 aliphatic rings. The summed E-state index contributed by atoms with van der Waals surface area (Å²) in [5.41, 5.74) is 4.00. The molecule has 170 valence electrons. The summed E-state index contributed by atoms with van der Waals surface area (Å²) >= 11 is 0. The molecule has 32 heavy (non-hydrogen) atoms. The predicted octanol–water partition coefficient (Wildman–Crippen LogP) is 4.52. The molecule has 1 amide bonds. The lowest BCUT2D eigenvalue weighted by Crippen LogP contribution is -2.46. The van der Waals surface area contributed by atoms with Crippen molar-refractivity contribution in [2.75, 3.05) is 26.2 Å². The van der Waals surface area contributed by atoms with Crippen LogP contribution in [0.3, 0.4) is 0 Å². The van der Waals surface area contributed by atoms with E-state index in [2.05, 4.69) is 35.1 Å². The fourth-order valence-electron chi connectivity index (χ4n) is 4.65. The maximum Gasteiger partial charge on any atom is 0.220 e. The molecule has 1 aliphatic heterocycles. The number of amides is 1. The van der Waals surface area contributed by atoms with Gasteiger partial charge in [0.2, 0.25) is 5.91 Å². The van der Waals surface area contributed by atoms with Crippen LogP contribution in [0.1, 0.15) is 32.3 Å². The molecule has 2 unspecified atom stereocenters. The van der Waals surface area contributed by atoms with Crippen LogP contribution >= 0.6 is 0 Å². The van der Waals surface area contributed by atoms with E-state index in [1.807, 2.05) is 18.2 Å². The molecule has 1 fully saturated rings. The van der Waals surface area contributed by atoms with E-state index in [4.69, 9.17) is 4.74 Å². The van der Waals surface area contributed by atoms with Gasteiger partial charge >= 0.3 is 0 Å². The highest BCUT2D eigenvalue weighted by Gasteiger charge is 2.21. The number of hydrogen-bond acceptors (Lipinski definition) is 3. The number of aromatic amines is 1. The average Bonchev–Trinajstić information content (AvgIpc) is 3.14. The quantitative estimate of drug-likeness (QED) is 0.510. The summed E-state index contributed by atoms with van der Waals surface area (Å²) in [5, 5.41) is 4.17. The number of rotatable bonds is 8.